The topological polar surface area (TPSA) is 3.24 Å². The first-order chi connectivity index (χ1) is 6.05. The molecule has 3 heterocycles. The van der Waals surface area contributed by atoms with Crippen LogP contribution in [0.15, 0.2) is 0 Å². The van der Waals surface area contributed by atoms with E-state index in [1.54, 1.807) is 0 Å². The number of fused-ring (bicyclic) bond motifs is 4. The Morgan fingerprint density at radius 2 is 1.69 bits per heavy atom. The molecule has 1 atom stereocenters. The van der Waals surface area contributed by atoms with Crippen LogP contribution in [-0.4, -0.2) is 24.5 Å². The van der Waals surface area contributed by atoms with E-state index >= 15 is 0 Å². The van der Waals surface area contributed by atoms with E-state index in [2.05, 4.69) is 25.7 Å². The summed E-state index contributed by atoms with van der Waals surface area (Å²) in [5, 5.41) is 0. The van der Waals surface area contributed by atoms with E-state index in [4.69, 9.17) is 0 Å². The molecule has 1 nitrogen and oxygen atoms in total. The average molecular weight is 181 g/mol. The van der Waals surface area contributed by atoms with Crippen LogP contribution in [0.4, 0.5) is 0 Å². The zero-order valence-electron chi connectivity index (χ0n) is 9.34. The Labute approximate surface area is 82.5 Å². The number of rotatable bonds is 0. The number of hydrogen-bond donors (Lipinski definition) is 0. The van der Waals surface area contributed by atoms with Gasteiger partial charge in [-0.2, -0.15) is 0 Å². The quantitative estimate of drug-likeness (QED) is 0.555. The molecule has 0 radical (unpaired) electrons. The maximum absolute atomic E-state index is 2.68. The molecule has 0 aromatic carbocycles. The van der Waals surface area contributed by atoms with Crippen LogP contribution in [0.3, 0.4) is 0 Å². The fourth-order valence-electron chi connectivity index (χ4n) is 2.82. The van der Waals surface area contributed by atoms with Crippen molar-refractivity contribution in [2.24, 2.45) is 17.3 Å². The van der Waals surface area contributed by atoms with Gasteiger partial charge in [0.15, 0.2) is 0 Å². The van der Waals surface area contributed by atoms with Gasteiger partial charge in [0.1, 0.15) is 0 Å². The average Bonchev–Trinajstić information content (AvgIpc) is 2.34. The van der Waals surface area contributed by atoms with Gasteiger partial charge in [0.05, 0.1) is 0 Å². The van der Waals surface area contributed by atoms with E-state index in [-0.39, 0.29) is 0 Å². The maximum Gasteiger partial charge on any atom is 0.00148 e. The summed E-state index contributed by atoms with van der Waals surface area (Å²) in [4.78, 5) is 2.68. The molecule has 3 aliphatic heterocycles. The normalized spacial score (nSPS) is 40.4. The second-order valence-corrected chi connectivity index (χ2v) is 6.04. The van der Waals surface area contributed by atoms with E-state index in [0.717, 1.165) is 11.8 Å². The SMILES string of the molecule is CC(C)(C)C1CC2CCN(CC2)C1. The highest BCUT2D eigenvalue weighted by molar-refractivity contribution is 4.87. The lowest BCUT2D eigenvalue weighted by Crippen LogP contribution is -2.34. The molecule has 3 saturated heterocycles. The van der Waals surface area contributed by atoms with Crippen LogP contribution in [0.5, 0.6) is 0 Å². The molecule has 0 N–H and O–H groups in total. The van der Waals surface area contributed by atoms with Gasteiger partial charge in [0.25, 0.3) is 0 Å². The van der Waals surface area contributed by atoms with Gasteiger partial charge < -0.3 is 4.90 Å². The van der Waals surface area contributed by atoms with Crippen LogP contribution in [0.2, 0.25) is 0 Å². The lowest BCUT2D eigenvalue weighted by atomic mass is 9.76. The lowest BCUT2D eigenvalue weighted by molar-refractivity contribution is 0.171. The molecule has 13 heavy (non-hydrogen) atoms. The van der Waals surface area contributed by atoms with Gasteiger partial charge in [-0.05, 0) is 49.6 Å². The highest BCUT2D eigenvalue weighted by Gasteiger charge is 2.34. The van der Waals surface area contributed by atoms with Gasteiger partial charge in [-0.15, -0.1) is 0 Å². The van der Waals surface area contributed by atoms with Crippen molar-refractivity contribution in [1.29, 1.82) is 0 Å². The van der Waals surface area contributed by atoms with Crippen molar-refractivity contribution in [1.82, 2.24) is 4.90 Å². The van der Waals surface area contributed by atoms with Gasteiger partial charge in [-0.3, -0.25) is 0 Å². The molecule has 3 aliphatic rings. The molecule has 3 fully saturated rings. The van der Waals surface area contributed by atoms with E-state index in [1.165, 1.54) is 38.9 Å². The Hall–Kier alpha value is -0.0400. The molecule has 1 heteroatoms. The Morgan fingerprint density at radius 1 is 1.08 bits per heavy atom. The first kappa shape index (κ1) is 9.51. The predicted octanol–water partition coefficient (Wildman–Crippen LogP) is 2.76. The van der Waals surface area contributed by atoms with Crippen LogP contribution in [0.1, 0.15) is 40.0 Å². The first-order valence-electron chi connectivity index (χ1n) is 5.78. The number of nitrogens with zero attached hydrogens (tertiary/aromatic N) is 1. The fourth-order valence-corrected chi connectivity index (χ4v) is 2.82. The van der Waals surface area contributed by atoms with Gasteiger partial charge in [0, 0.05) is 6.54 Å². The third kappa shape index (κ3) is 2.07. The molecular formula is C12H23N. The van der Waals surface area contributed by atoms with Crippen LogP contribution < -0.4 is 0 Å². The fraction of sp³-hybridized carbons (Fsp3) is 1.00. The third-order valence-corrected chi connectivity index (χ3v) is 4.03. The first-order valence-corrected chi connectivity index (χ1v) is 5.78. The Bertz CT molecular complexity index is 158. The highest BCUT2D eigenvalue weighted by Crippen LogP contribution is 2.38. The monoisotopic (exact) mass is 181 g/mol. The van der Waals surface area contributed by atoms with Crippen molar-refractivity contribution in [3.8, 4) is 0 Å². The minimum atomic E-state index is 0.519. The van der Waals surface area contributed by atoms with Gasteiger partial charge in [-0.1, -0.05) is 20.8 Å². The van der Waals surface area contributed by atoms with Crippen LogP contribution >= 0.6 is 0 Å². The molecule has 76 valence electrons. The number of piperidine rings is 1. The second-order valence-electron chi connectivity index (χ2n) is 6.04. The van der Waals surface area contributed by atoms with Crippen LogP contribution in [0, 0.1) is 17.3 Å². The summed E-state index contributed by atoms with van der Waals surface area (Å²) in [5.41, 5.74) is 0.519. The molecule has 0 aromatic rings. The van der Waals surface area contributed by atoms with Crippen LogP contribution in [0.25, 0.3) is 0 Å². The van der Waals surface area contributed by atoms with Crippen molar-refractivity contribution in [2.45, 2.75) is 40.0 Å². The highest BCUT2D eigenvalue weighted by atomic mass is 15.1. The minimum Gasteiger partial charge on any atom is -0.303 e. The predicted molar refractivity (Wildman–Crippen MR) is 56.7 cm³/mol. The standard InChI is InChI=1S/C12H23N/c1-12(2,3)11-8-10-4-6-13(9-11)7-5-10/h10-11H,4-9H2,1-3H3. The molecule has 3 rings (SSSR count). The minimum absolute atomic E-state index is 0.519. The zero-order valence-corrected chi connectivity index (χ0v) is 9.34. The molecule has 0 aliphatic carbocycles. The van der Waals surface area contributed by atoms with Crippen molar-refractivity contribution in [2.75, 3.05) is 19.6 Å². The maximum atomic E-state index is 2.68. The van der Waals surface area contributed by atoms with E-state index in [9.17, 15) is 0 Å². The summed E-state index contributed by atoms with van der Waals surface area (Å²) in [5.74, 6) is 1.98. The summed E-state index contributed by atoms with van der Waals surface area (Å²) >= 11 is 0. The summed E-state index contributed by atoms with van der Waals surface area (Å²) in [6, 6.07) is 0. The largest absolute Gasteiger partial charge is 0.303 e. The third-order valence-electron chi connectivity index (χ3n) is 4.03. The van der Waals surface area contributed by atoms with E-state index in [0.29, 0.717) is 5.41 Å². The molecule has 0 saturated carbocycles. The second kappa shape index (κ2) is 3.27. The summed E-state index contributed by atoms with van der Waals surface area (Å²) in [6.45, 7) is 11.3. The smallest absolute Gasteiger partial charge is 0.00148 e. The van der Waals surface area contributed by atoms with Crippen molar-refractivity contribution in [3.05, 3.63) is 0 Å². The Balaban J connectivity index is 2.07. The summed E-state index contributed by atoms with van der Waals surface area (Å²) in [6.07, 6.45) is 4.42. The number of hydrogen-bond acceptors (Lipinski definition) is 1. The molecule has 0 aromatic heterocycles. The van der Waals surface area contributed by atoms with Gasteiger partial charge >= 0.3 is 0 Å². The van der Waals surface area contributed by atoms with Crippen LogP contribution in [-0.2, 0) is 0 Å². The van der Waals surface area contributed by atoms with Crippen molar-refractivity contribution in [3.63, 3.8) is 0 Å². The Kier molecular flexibility index (Phi) is 2.39. The molecule has 0 amide bonds. The molecular weight excluding hydrogens is 158 g/mol. The van der Waals surface area contributed by atoms with E-state index < -0.39 is 0 Å². The van der Waals surface area contributed by atoms with Gasteiger partial charge in [0.2, 0.25) is 0 Å². The summed E-state index contributed by atoms with van der Waals surface area (Å²) in [7, 11) is 0. The van der Waals surface area contributed by atoms with E-state index in [1.807, 2.05) is 0 Å². The zero-order chi connectivity index (χ0) is 9.47. The van der Waals surface area contributed by atoms with Gasteiger partial charge in [-0.25, -0.2) is 0 Å². The Morgan fingerprint density at radius 3 is 2.23 bits per heavy atom. The molecule has 0 spiro atoms. The summed E-state index contributed by atoms with van der Waals surface area (Å²) < 4.78 is 0. The molecule has 2 bridgehead atoms. The van der Waals surface area contributed by atoms with Crippen molar-refractivity contribution >= 4 is 0 Å². The lowest BCUT2D eigenvalue weighted by Gasteiger charge is -2.31. The molecule has 1 unspecified atom stereocenters. The van der Waals surface area contributed by atoms with Crippen molar-refractivity contribution < 1.29 is 0 Å².